The van der Waals surface area contributed by atoms with Crippen LogP contribution in [0.15, 0.2) is 25.6 Å². The summed E-state index contributed by atoms with van der Waals surface area (Å²) in [4.78, 5) is 14.0. The van der Waals surface area contributed by atoms with E-state index in [0.717, 1.165) is 26.4 Å². The molecule has 0 aliphatic heterocycles. The monoisotopic (exact) mass is 470 g/mol. The first-order chi connectivity index (χ1) is 9.47. The predicted molar refractivity (Wildman–Crippen MR) is 92.0 cm³/mol. The fourth-order valence-corrected chi connectivity index (χ4v) is 4.23. The van der Waals surface area contributed by atoms with Gasteiger partial charge in [0, 0.05) is 20.0 Å². The van der Waals surface area contributed by atoms with Gasteiger partial charge in [-0.25, -0.2) is 0 Å². The van der Waals surface area contributed by atoms with Gasteiger partial charge in [-0.05, 0) is 57.0 Å². The Balaban J connectivity index is 2.70. The number of aliphatic hydroxyl groups excluding tert-OH is 1. The maximum Gasteiger partial charge on any atom is 0.238 e. The van der Waals surface area contributed by atoms with Crippen molar-refractivity contribution in [1.82, 2.24) is 4.90 Å². The molecule has 1 rings (SSSR count). The van der Waals surface area contributed by atoms with Crippen molar-refractivity contribution in [3.63, 3.8) is 0 Å². The maximum absolute atomic E-state index is 12.1. The number of hydrogen-bond donors (Lipinski definition) is 2. The van der Waals surface area contributed by atoms with E-state index in [1.54, 1.807) is 0 Å². The van der Waals surface area contributed by atoms with Gasteiger partial charge in [0.2, 0.25) is 5.91 Å². The molecule has 0 aliphatic rings. The standard InChI is InChI=1S/C13H17Br3N2O2/c1-2-3-18(4-5-19)8-12(20)17-13-10(15)6-9(14)7-11(13)16/h6-7,19H,2-5,8H2,1H3,(H,17,20). The Morgan fingerprint density at radius 1 is 1.25 bits per heavy atom. The smallest absolute Gasteiger partial charge is 0.238 e. The minimum Gasteiger partial charge on any atom is -0.395 e. The Morgan fingerprint density at radius 3 is 2.35 bits per heavy atom. The molecule has 0 spiro atoms. The summed E-state index contributed by atoms with van der Waals surface area (Å²) in [5.41, 5.74) is 0.707. The molecule has 0 aromatic heterocycles. The zero-order valence-corrected chi connectivity index (χ0v) is 15.9. The van der Waals surface area contributed by atoms with Crippen LogP contribution in [0.5, 0.6) is 0 Å². The second kappa shape index (κ2) is 9.15. The van der Waals surface area contributed by atoms with Crippen LogP contribution in [-0.2, 0) is 4.79 Å². The van der Waals surface area contributed by atoms with E-state index in [1.165, 1.54) is 0 Å². The molecule has 0 atom stereocenters. The molecule has 0 unspecified atom stereocenters. The van der Waals surface area contributed by atoms with Gasteiger partial charge in [0.05, 0.1) is 18.8 Å². The van der Waals surface area contributed by atoms with E-state index < -0.39 is 0 Å². The average molecular weight is 473 g/mol. The SMILES string of the molecule is CCCN(CCO)CC(=O)Nc1c(Br)cc(Br)cc1Br. The molecule has 0 heterocycles. The Morgan fingerprint density at radius 2 is 1.85 bits per heavy atom. The number of anilines is 1. The van der Waals surface area contributed by atoms with Crippen molar-refractivity contribution in [3.05, 3.63) is 25.6 Å². The minimum absolute atomic E-state index is 0.0545. The van der Waals surface area contributed by atoms with Crippen LogP contribution in [0.2, 0.25) is 0 Å². The number of amides is 1. The quantitative estimate of drug-likeness (QED) is 0.637. The number of hydrogen-bond acceptors (Lipinski definition) is 3. The van der Waals surface area contributed by atoms with Crippen LogP contribution in [0, 0.1) is 0 Å². The van der Waals surface area contributed by atoms with E-state index in [-0.39, 0.29) is 19.1 Å². The molecule has 1 aromatic carbocycles. The molecule has 0 fully saturated rings. The molecule has 0 saturated heterocycles. The highest BCUT2D eigenvalue weighted by molar-refractivity contribution is 9.11. The molecule has 4 nitrogen and oxygen atoms in total. The largest absolute Gasteiger partial charge is 0.395 e. The lowest BCUT2D eigenvalue weighted by atomic mass is 10.3. The van der Waals surface area contributed by atoms with Gasteiger partial charge in [-0.2, -0.15) is 0 Å². The summed E-state index contributed by atoms with van der Waals surface area (Å²) in [5.74, 6) is -0.101. The zero-order valence-electron chi connectivity index (χ0n) is 11.1. The Bertz CT molecular complexity index is 440. The highest BCUT2D eigenvalue weighted by atomic mass is 79.9. The van der Waals surface area contributed by atoms with Crippen LogP contribution in [0.25, 0.3) is 0 Å². The molecule has 0 bridgehead atoms. The van der Waals surface area contributed by atoms with E-state index >= 15 is 0 Å². The maximum atomic E-state index is 12.1. The van der Waals surface area contributed by atoms with Crippen molar-refractivity contribution in [2.75, 3.05) is 31.6 Å². The van der Waals surface area contributed by atoms with Crippen molar-refractivity contribution in [2.24, 2.45) is 0 Å². The number of carbonyl (C=O) groups is 1. The summed E-state index contributed by atoms with van der Waals surface area (Å²) in [5, 5.41) is 11.9. The number of benzene rings is 1. The second-order valence-corrected chi connectivity index (χ2v) is 6.92. The molecule has 20 heavy (non-hydrogen) atoms. The molecule has 1 aromatic rings. The molecule has 2 N–H and O–H groups in total. The highest BCUT2D eigenvalue weighted by Crippen LogP contribution is 2.34. The van der Waals surface area contributed by atoms with Crippen LogP contribution in [-0.4, -0.2) is 42.2 Å². The molecular formula is C13H17Br3N2O2. The van der Waals surface area contributed by atoms with Gasteiger partial charge in [0.1, 0.15) is 0 Å². The lowest BCUT2D eigenvalue weighted by Crippen LogP contribution is -2.35. The first-order valence-electron chi connectivity index (χ1n) is 6.25. The van der Waals surface area contributed by atoms with Gasteiger partial charge in [-0.3, -0.25) is 9.69 Å². The molecular weight excluding hydrogens is 456 g/mol. The summed E-state index contributed by atoms with van der Waals surface area (Å²) in [6, 6.07) is 3.75. The van der Waals surface area contributed by atoms with E-state index in [2.05, 4.69) is 53.1 Å². The van der Waals surface area contributed by atoms with Crippen LogP contribution < -0.4 is 5.32 Å². The number of nitrogens with one attached hydrogen (secondary N) is 1. The van der Waals surface area contributed by atoms with Gasteiger partial charge in [0.15, 0.2) is 0 Å². The number of rotatable bonds is 7. The van der Waals surface area contributed by atoms with Gasteiger partial charge >= 0.3 is 0 Å². The van der Waals surface area contributed by atoms with Gasteiger partial charge in [-0.1, -0.05) is 22.9 Å². The molecule has 1 amide bonds. The molecule has 112 valence electrons. The Kier molecular flexibility index (Phi) is 8.28. The molecule has 0 radical (unpaired) electrons. The zero-order chi connectivity index (χ0) is 15.1. The summed E-state index contributed by atoms with van der Waals surface area (Å²) in [7, 11) is 0. The van der Waals surface area contributed by atoms with E-state index in [4.69, 9.17) is 5.11 Å². The fourth-order valence-electron chi connectivity index (χ4n) is 1.77. The van der Waals surface area contributed by atoms with Crippen molar-refractivity contribution in [3.8, 4) is 0 Å². The summed E-state index contributed by atoms with van der Waals surface area (Å²) >= 11 is 10.2. The van der Waals surface area contributed by atoms with Gasteiger partial charge in [-0.15, -0.1) is 0 Å². The number of carbonyl (C=O) groups excluding carboxylic acids is 1. The van der Waals surface area contributed by atoms with Crippen molar-refractivity contribution in [1.29, 1.82) is 0 Å². The number of halogens is 3. The summed E-state index contributed by atoms with van der Waals surface area (Å²) < 4.78 is 2.52. The van der Waals surface area contributed by atoms with Crippen LogP contribution in [0.1, 0.15) is 13.3 Å². The molecule has 0 saturated carbocycles. The third-order valence-corrected chi connectivity index (χ3v) is 4.30. The molecule has 0 aliphatic carbocycles. The lowest BCUT2D eigenvalue weighted by Gasteiger charge is -2.20. The fraction of sp³-hybridized carbons (Fsp3) is 0.462. The van der Waals surface area contributed by atoms with Crippen LogP contribution in [0.4, 0.5) is 5.69 Å². The topological polar surface area (TPSA) is 52.6 Å². The van der Waals surface area contributed by atoms with Crippen LogP contribution in [0.3, 0.4) is 0 Å². The number of aliphatic hydroxyl groups is 1. The normalized spacial score (nSPS) is 10.9. The average Bonchev–Trinajstić information content (AvgIpc) is 2.34. The van der Waals surface area contributed by atoms with E-state index in [9.17, 15) is 4.79 Å². The summed E-state index contributed by atoms with van der Waals surface area (Å²) in [6.45, 7) is 3.66. The van der Waals surface area contributed by atoms with E-state index in [1.807, 2.05) is 24.0 Å². The third-order valence-electron chi connectivity index (χ3n) is 2.59. The Labute approximate surface area is 144 Å². The predicted octanol–water partition coefficient (Wildman–Crippen LogP) is 3.62. The minimum atomic E-state index is -0.101. The van der Waals surface area contributed by atoms with Crippen molar-refractivity contribution >= 4 is 59.4 Å². The number of nitrogens with zero attached hydrogens (tertiary/aromatic N) is 1. The van der Waals surface area contributed by atoms with Gasteiger partial charge in [0.25, 0.3) is 0 Å². The van der Waals surface area contributed by atoms with Crippen molar-refractivity contribution in [2.45, 2.75) is 13.3 Å². The Hall–Kier alpha value is 0.0500. The second-order valence-electron chi connectivity index (χ2n) is 4.29. The lowest BCUT2D eigenvalue weighted by molar-refractivity contribution is -0.117. The van der Waals surface area contributed by atoms with Gasteiger partial charge < -0.3 is 10.4 Å². The summed E-state index contributed by atoms with van der Waals surface area (Å²) in [6.07, 6.45) is 0.943. The molecule has 7 heteroatoms. The van der Waals surface area contributed by atoms with Crippen LogP contribution >= 0.6 is 47.8 Å². The highest BCUT2D eigenvalue weighted by Gasteiger charge is 2.13. The van der Waals surface area contributed by atoms with Crippen molar-refractivity contribution < 1.29 is 9.90 Å². The first-order valence-corrected chi connectivity index (χ1v) is 8.63. The van der Waals surface area contributed by atoms with E-state index in [0.29, 0.717) is 12.2 Å². The first kappa shape index (κ1) is 18.1. The third kappa shape index (κ3) is 5.81.